The van der Waals surface area contributed by atoms with E-state index in [1.54, 1.807) is 36.0 Å². The molecule has 62 heavy (non-hydrogen) atoms. The fraction of sp³-hybridized carbons (Fsp3) is 0.385. The number of amides is 4. The zero-order valence-corrected chi connectivity index (χ0v) is 37.2. The summed E-state index contributed by atoms with van der Waals surface area (Å²) in [5, 5.41) is 6.32. The zero-order valence-electron chi connectivity index (χ0n) is 37.2. The third-order valence-corrected chi connectivity index (χ3v) is 11.4. The van der Waals surface area contributed by atoms with Crippen LogP contribution in [-0.4, -0.2) is 83.9 Å². The average Bonchev–Trinajstić information content (AvgIpc) is 3.29. The number of para-hydroxylation sites is 2. The van der Waals surface area contributed by atoms with E-state index in [-0.39, 0.29) is 47.9 Å². The Hall–Kier alpha value is -6.16. The van der Waals surface area contributed by atoms with Crippen molar-refractivity contribution in [1.29, 1.82) is 0 Å². The molecular weight excluding hydrogens is 777 g/mol. The molecule has 328 valence electrons. The van der Waals surface area contributed by atoms with E-state index in [2.05, 4.69) is 48.8 Å². The smallest absolute Gasteiger partial charge is 0.258 e. The Balaban J connectivity index is 0.000000234. The van der Waals surface area contributed by atoms with E-state index in [4.69, 9.17) is 9.47 Å². The Morgan fingerprint density at radius 3 is 1.21 bits per heavy atom. The van der Waals surface area contributed by atoms with Gasteiger partial charge in [-0.15, -0.1) is 0 Å². The molecule has 10 nitrogen and oxygen atoms in total. The van der Waals surface area contributed by atoms with Crippen LogP contribution in [-0.2, 0) is 22.4 Å². The first-order valence-corrected chi connectivity index (χ1v) is 22.0. The van der Waals surface area contributed by atoms with Crippen molar-refractivity contribution in [2.75, 3.05) is 14.1 Å². The minimum Gasteiger partial charge on any atom is -0.490 e. The van der Waals surface area contributed by atoms with Gasteiger partial charge < -0.3 is 29.9 Å². The number of nitrogens with zero attached hydrogens (tertiary/aromatic N) is 2. The Morgan fingerprint density at radius 1 is 0.500 bits per heavy atom. The van der Waals surface area contributed by atoms with Gasteiger partial charge in [0.1, 0.15) is 23.6 Å². The topological polar surface area (TPSA) is 117 Å². The standard InChI is InChI=1S/2C26H32N2O3/c2*1-4-21-15-9-8-12-19(2)31-24-17-11-10-16-22(24)26(30)28(3)23(25(29)27-21)18-20-13-6-5-7-14-20/h2*5-11,13-14,16-17,19,21,23H,4,12,15,18H2,1-3H3,(H,27,29)/b9-8+;9-8-/t2*19-,21-,23+/m00/s1. The molecule has 4 aromatic carbocycles. The molecule has 2 heterocycles. The summed E-state index contributed by atoms with van der Waals surface area (Å²) >= 11 is 0. The molecule has 0 bridgehead atoms. The molecule has 10 heteroatoms. The molecule has 0 saturated carbocycles. The first-order valence-electron chi connectivity index (χ1n) is 22.0. The van der Waals surface area contributed by atoms with Crippen LogP contribution < -0.4 is 20.1 Å². The van der Waals surface area contributed by atoms with E-state index in [0.717, 1.165) is 49.7 Å². The first kappa shape index (κ1) is 46.9. The molecule has 0 radical (unpaired) electrons. The van der Waals surface area contributed by atoms with Crippen LogP contribution in [0.3, 0.4) is 0 Å². The lowest BCUT2D eigenvalue weighted by Gasteiger charge is -2.30. The van der Waals surface area contributed by atoms with Gasteiger partial charge in [-0.05, 0) is 74.9 Å². The highest BCUT2D eigenvalue weighted by atomic mass is 16.5. The van der Waals surface area contributed by atoms with Crippen LogP contribution >= 0.6 is 0 Å². The minimum atomic E-state index is -0.624. The van der Waals surface area contributed by atoms with Crippen molar-refractivity contribution in [3.63, 3.8) is 0 Å². The van der Waals surface area contributed by atoms with E-state index in [9.17, 15) is 19.2 Å². The lowest BCUT2D eigenvalue weighted by atomic mass is 10.0. The summed E-state index contributed by atoms with van der Waals surface area (Å²) in [7, 11) is 3.39. The van der Waals surface area contributed by atoms with Gasteiger partial charge in [0, 0.05) is 51.9 Å². The van der Waals surface area contributed by atoms with Crippen molar-refractivity contribution < 1.29 is 28.7 Å². The number of fused-ring (bicyclic) bond motifs is 2. The highest BCUT2D eigenvalue weighted by molar-refractivity contribution is 6.00. The van der Waals surface area contributed by atoms with Crippen LogP contribution in [0, 0.1) is 0 Å². The molecular formula is C52H64N4O6. The number of rotatable bonds is 6. The third kappa shape index (κ3) is 13.4. The summed E-state index contributed by atoms with van der Waals surface area (Å²) in [4.78, 5) is 56.6. The monoisotopic (exact) mass is 840 g/mol. The van der Waals surface area contributed by atoms with Gasteiger partial charge in [-0.25, -0.2) is 0 Å². The predicted octanol–water partition coefficient (Wildman–Crippen LogP) is 8.76. The average molecular weight is 841 g/mol. The van der Waals surface area contributed by atoms with Crippen LogP contribution in [0.25, 0.3) is 0 Å². The molecule has 0 fully saturated rings. The number of hydrogen-bond acceptors (Lipinski definition) is 6. The molecule has 0 unspecified atom stereocenters. The molecule has 0 aromatic heterocycles. The number of carbonyl (C=O) groups excluding carboxylic acids is 4. The first-order chi connectivity index (χ1) is 30.0. The van der Waals surface area contributed by atoms with Crippen molar-refractivity contribution in [3.8, 4) is 11.5 Å². The summed E-state index contributed by atoms with van der Waals surface area (Å²) in [5.74, 6) is 0.372. The zero-order chi connectivity index (χ0) is 44.4. The second-order valence-corrected chi connectivity index (χ2v) is 16.2. The molecule has 2 N–H and O–H groups in total. The van der Waals surface area contributed by atoms with Gasteiger partial charge in [-0.3, -0.25) is 19.2 Å². The fourth-order valence-electron chi connectivity index (χ4n) is 7.52. The fourth-order valence-corrected chi connectivity index (χ4v) is 7.52. The van der Waals surface area contributed by atoms with Gasteiger partial charge in [-0.1, -0.05) is 123 Å². The van der Waals surface area contributed by atoms with Gasteiger partial charge in [-0.2, -0.15) is 0 Å². The lowest BCUT2D eigenvalue weighted by Crippen LogP contribution is -2.51. The number of hydrogen-bond donors (Lipinski definition) is 2. The minimum absolute atomic E-state index is 0.0250. The van der Waals surface area contributed by atoms with E-state index in [1.807, 2.05) is 111 Å². The third-order valence-electron chi connectivity index (χ3n) is 11.4. The van der Waals surface area contributed by atoms with Crippen molar-refractivity contribution in [1.82, 2.24) is 20.4 Å². The SMILES string of the molecule is CC[C@H]1C/C=C/C[C@H](C)Oc2ccccc2C(=O)N(C)[C@H](Cc2ccccc2)C(=O)N1.CC[C@H]1C/C=C\C[C@H](C)Oc2ccccc2C(=O)N(C)[C@H](Cc2ccccc2)C(=O)N1. The number of ether oxygens (including phenoxy) is 2. The Morgan fingerprint density at radius 2 is 0.839 bits per heavy atom. The van der Waals surface area contributed by atoms with E-state index < -0.39 is 12.1 Å². The van der Waals surface area contributed by atoms with Crippen molar-refractivity contribution in [2.24, 2.45) is 0 Å². The normalized spacial score (nSPS) is 23.8. The van der Waals surface area contributed by atoms with Crippen LogP contribution in [0.1, 0.15) is 98.1 Å². The number of carbonyl (C=O) groups is 4. The second kappa shape index (κ2) is 23.7. The van der Waals surface area contributed by atoms with Crippen LogP contribution in [0.4, 0.5) is 0 Å². The largest absolute Gasteiger partial charge is 0.490 e. The molecule has 0 spiro atoms. The lowest BCUT2D eigenvalue weighted by molar-refractivity contribution is -0.126. The maximum absolute atomic E-state index is 13.5. The maximum Gasteiger partial charge on any atom is 0.258 e. The van der Waals surface area contributed by atoms with E-state index in [0.29, 0.717) is 35.5 Å². The van der Waals surface area contributed by atoms with Gasteiger partial charge in [0.2, 0.25) is 11.8 Å². The Labute approximate surface area is 368 Å². The van der Waals surface area contributed by atoms with Gasteiger partial charge in [0.05, 0.1) is 23.3 Å². The van der Waals surface area contributed by atoms with Crippen molar-refractivity contribution >= 4 is 23.6 Å². The quantitative estimate of drug-likeness (QED) is 0.188. The number of likely N-dealkylation sites (N-methyl/N-ethyl adjacent to an activating group) is 2. The van der Waals surface area contributed by atoms with Crippen LogP contribution in [0.5, 0.6) is 11.5 Å². The van der Waals surface area contributed by atoms with Gasteiger partial charge in [0.15, 0.2) is 0 Å². The molecule has 6 rings (SSSR count). The van der Waals surface area contributed by atoms with E-state index in [1.165, 1.54) is 0 Å². The molecule has 4 aromatic rings. The van der Waals surface area contributed by atoms with Gasteiger partial charge in [0.25, 0.3) is 11.8 Å². The number of benzene rings is 4. The highest BCUT2D eigenvalue weighted by Crippen LogP contribution is 2.26. The molecule has 4 amide bonds. The summed E-state index contributed by atoms with van der Waals surface area (Å²) < 4.78 is 12.2. The van der Waals surface area contributed by atoms with E-state index >= 15 is 0 Å². The van der Waals surface area contributed by atoms with Gasteiger partial charge >= 0.3 is 0 Å². The summed E-state index contributed by atoms with van der Waals surface area (Å²) in [6.07, 6.45) is 13.8. The second-order valence-electron chi connectivity index (χ2n) is 16.2. The Kier molecular flexibility index (Phi) is 18.0. The molecule has 6 atom stereocenters. The van der Waals surface area contributed by atoms with Crippen LogP contribution in [0.2, 0.25) is 0 Å². The maximum atomic E-state index is 13.5. The molecule has 2 aliphatic rings. The number of nitrogens with one attached hydrogen (secondary N) is 2. The summed E-state index contributed by atoms with van der Waals surface area (Å²) in [5.41, 5.74) is 2.95. The highest BCUT2D eigenvalue weighted by Gasteiger charge is 2.32. The predicted molar refractivity (Wildman–Crippen MR) is 246 cm³/mol. The Bertz CT molecular complexity index is 1970. The van der Waals surface area contributed by atoms with Crippen LogP contribution in [0.15, 0.2) is 133 Å². The van der Waals surface area contributed by atoms with Crippen molar-refractivity contribution in [3.05, 3.63) is 156 Å². The summed E-state index contributed by atoms with van der Waals surface area (Å²) in [6, 6.07) is 32.9. The summed E-state index contributed by atoms with van der Waals surface area (Å²) in [6.45, 7) is 8.12. The molecule has 2 aliphatic heterocycles. The molecule has 0 saturated heterocycles. The molecule has 0 aliphatic carbocycles. The van der Waals surface area contributed by atoms with Crippen molar-refractivity contribution in [2.45, 2.75) is 115 Å².